The van der Waals surface area contributed by atoms with E-state index in [9.17, 15) is 14.4 Å². The minimum atomic E-state index is -0.760. The lowest BCUT2D eigenvalue weighted by atomic mass is 10.0. The van der Waals surface area contributed by atoms with Crippen molar-refractivity contribution in [3.8, 4) is 0 Å². The topological polar surface area (TPSA) is 78.9 Å². The molecule has 0 aliphatic carbocycles. The molecule has 0 aliphatic heterocycles. The molecule has 0 aromatic rings. The predicted molar refractivity (Wildman–Crippen MR) is 284 cm³/mol. The number of unbranched alkanes of at least 4 members (excludes halogenated alkanes) is 45. The summed E-state index contributed by atoms with van der Waals surface area (Å²) < 4.78 is 16.9. The van der Waals surface area contributed by atoms with Gasteiger partial charge in [0.25, 0.3) is 0 Å². The maximum Gasteiger partial charge on any atom is 0.306 e. The molecule has 6 heteroatoms. The Morgan fingerprint density at radius 1 is 0.242 bits per heavy atom. The number of ether oxygens (including phenoxy) is 3. The van der Waals surface area contributed by atoms with Crippen LogP contribution < -0.4 is 0 Å². The summed E-state index contributed by atoms with van der Waals surface area (Å²) in [5.74, 6) is -0.836. The van der Waals surface area contributed by atoms with Crippen LogP contribution in [0.3, 0.4) is 0 Å². The highest BCUT2D eigenvalue weighted by atomic mass is 16.6. The van der Waals surface area contributed by atoms with Gasteiger partial charge in [-0.25, -0.2) is 0 Å². The Balaban J connectivity index is 4.10. The summed E-state index contributed by atoms with van der Waals surface area (Å²) in [7, 11) is 0. The first kappa shape index (κ1) is 64.4. The van der Waals surface area contributed by atoms with Crippen LogP contribution in [0.2, 0.25) is 0 Å². The molecule has 6 nitrogen and oxygen atoms in total. The number of esters is 3. The zero-order valence-corrected chi connectivity index (χ0v) is 45.0. The van der Waals surface area contributed by atoms with Crippen molar-refractivity contribution in [1.82, 2.24) is 0 Å². The van der Waals surface area contributed by atoms with E-state index in [1.54, 1.807) is 0 Å². The van der Waals surface area contributed by atoms with E-state index in [1.165, 1.54) is 250 Å². The van der Waals surface area contributed by atoms with Gasteiger partial charge in [0.2, 0.25) is 0 Å². The van der Waals surface area contributed by atoms with Crippen molar-refractivity contribution < 1.29 is 28.6 Å². The third-order valence-electron chi connectivity index (χ3n) is 13.9. The van der Waals surface area contributed by atoms with Gasteiger partial charge in [0.05, 0.1) is 0 Å². The van der Waals surface area contributed by atoms with E-state index in [2.05, 4.69) is 20.8 Å². The maximum atomic E-state index is 12.8. The summed E-state index contributed by atoms with van der Waals surface area (Å²) in [4.78, 5) is 38.0. The molecule has 66 heavy (non-hydrogen) atoms. The van der Waals surface area contributed by atoms with Crippen LogP contribution >= 0.6 is 0 Å². The Morgan fingerprint density at radius 3 is 0.606 bits per heavy atom. The molecule has 0 rings (SSSR count). The molecule has 1 atom stereocenters. The lowest BCUT2D eigenvalue weighted by molar-refractivity contribution is -0.167. The SMILES string of the molecule is CCCCCCCCCCCCCCCCCCCCCCCCCCCC(=O)OCC(COC(=O)CCCCCCCCCCCC)OC(=O)CCCCCCCCCCCCCCC. The molecule has 0 spiro atoms. The average molecular weight is 934 g/mol. The third-order valence-corrected chi connectivity index (χ3v) is 13.9. The van der Waals surface area contributed by atoms with E-state index >= 15 is 0 Å². The molecule has 0 aliphatic rings. The smallest absolute Gasteiger partial charge is 0.306 e. The van der Waals surface area contributed by atoms with Crippen molar-refractivity contribution in [3.63, 3.8) is 0 Å². The van der Waals surface area contributed by atoms with Gasteiger partial charge in [0, 0.05) is 19.3 Å². The van der Waals surface area contributed by atoms with Crippen LogP contribution in [0.4, 0.5) is 0 Å². The zero-order chi connectivity index (χ0) is 47.9. The number of carbonyl (C=O) groups is 3. The molecule has 0 saturated carbocycles. The number of hydrogen-bond acceptors (Lipinski definition) is 6. The molecule has 0 radical (unpaired) electrons. The molecular formula is C60H116O6. The highest BCUT2D eigenvalue weighted by molar-refractivity contribution is 5.71. The van der Waals surface area contributed by atoms with Crippen LogP contribution in [-0.2, 0) is 28.6 Å². The summed E-state index contributed by atoms with van der Waals surface area (Å²) in [6.07, 6.45) is 62.6. The molecule has 0 bridgehead atoms. The van der Waals surface area contributed by atoms with Gasteiger partial charge in [0.15, 0.2) is 6.10 Å². The zero-order valence-electron chi connectivity index (χ0n) is 45.0. The van der Waals surface area contributed by atoms with E-state index < -0.39 is 6.10 Å². The number of carbonyl (C=O) groups excluding carboxylic acids is 3. The van der Waals surface area contributed by atoms with Crippen LogP contribution in [0, 0.1) is 0 Å². The third kappa shape index (κ3) is 53.4. The van der Waals surface area contributed by atoms with Gasteiger partial charge >= 0.3 is 17.9 Å². The molecule has 0 fully saturated rings. The van der Waals surface area contributed by atoms with Crippen LogP contribution in [0.25, 0.3) is 0 Å². The van der Waals surface area contributed by atoms with Crippen molar-refractivity contribution in [2.45, 2.75) is 354 Å². The Morgan fingerprint density at radius 2 is 0.409 bits per heavy atom. The monoisotopic (exact) mass is 933 g/mol. The second-order valence-electron chi connectivity index (χ2n) is 20.6. The molecule has 1 unspecified atom stereocenters. The van der Waals surface area contributed by atoms with Crippen LogP contribution in [0.5, 0.6) is 0 Å². The van der Waals surface area contributed by atoms with Gasteiger partial charge in [-0.3, -0.25) is 14.4 Å². The van der Waals surface area contributed by atoms with Crippen LogP contribution in [0.1, 0.15) is 348 Å². The minimum absolute atomic E-state index is 0.0614. The standard InChI is InChI=1S/C60H116O6/c1-4-7-10-13-16-19-22-24-25-26-27-28-29-30-31-32-33-34-35-37-38-41-44-47-50-53-59(62)65-56-57(55-64-58(61)52-49-46-43-40-21-18-15-12-9-6-3)66-60(63)54-51-48-45-42-39-36-23-20-17-14-11-8-5-2/h57H,4-56H2,1-3H3. The summed E-state index contributed by atoms with van der Waals surface area (Å²) in [6, 6.07) is 0. The molecule has 0 aromatic carbocycles. The van der Waals surface area contributed by atoms with Crippen molar-refractivity contribution in [1.29, 1.82) is 0 Å². The summed E-state index contributed by atoms with van der Waals surface area (Å²) in [5.41, 5.74) is 0. The number of rotatable bonds is 56. The summed E-state index contributed by atoms with van der Waals surface area (Å²) in [5, 5.41) is 0. The molecule has 392 valence electrons. The van der Waals surface area contributed by atoms with Gasteiger partial charge in [0.1, 0.15) is 13.2 Å². The van der Waals surface area contributed by atoms with Gasteiger partial charge < -0.3 is 14.2 Å². The lowest BCUT2D eigenvalue weighted by Crippen LogP contribution is -2.30. The van der Waals surface area contributed by atoms with Crippen LogP contribution in [0.15, 0.2) is 0 Å². The van der Waals surface area contributed by atoms with Crippen molar-refractivity contribution >= 4 is 17.9 Å². The summed E-state index contributed by atoms with van der Waals surface area (Å²) >= 11 is 0. The van der Waals surface area contributed by atoms with Gasteiger partial charge in [-0.15, -0.1) is 0 Å². The van der Waals surface area contributed by atoms with Crippen molar-refractivity contribution in [3.05, 3.63) is 0 Å². The Bertz CT molecular complexity index is 982. The van der Waals surface area contributed by atoms with E-state index in [-0.39, 0.29) is 31.1 Å². The minimum Gasteiger partial charge on any atom is -0.462 e. The van der Waals surface area contributed by atoms with Crippen molar-refractivity contribution in [2.75, 3.05) is 13.2 Å². The van der Waals surface area contributed by atoms with Gasteiger partial charge in [-0.1, -0.05) is 310 Å². The highest BCUT2D eigenvalue weighted by Crippen LogP contribution is 2.18. The van der Waals surface area contributed by atoms with E-state index in [0.717, 1.165) is 57.8 Å². The lowest BCUT2D eigenvalue weighted by Gasteiger charge is -2.18. The molecule has 0 heterocycles. The summed E-state index contributed by atoms with van der Waals surface area (Å²) in [6.45, 7) is 6.69. The van der Waals surface area contributed by atoms with E-state index in [4.69, 9.17) is 14.2 Å². The first-order valence-electron chi connectivity index (χ1n) is 30.0. The molecule has 0 aromatic heterocycles. The predicted octanol–water partition coefficient (Wildman–Crippen LogP) is 19.9. The Hall–Kier alpha value is -1.59. The first-order chi connectivity index (χ1) is 32.5. The van der Waals surface area contributed by atoms with Crippen LogP contribution in [-0.4, -0.2) is 37.2 Å². The fourth-order valence-corrected chi connectivity index (χ4v) is 9.33. The first-order valence-corrected chi connectivity index (χ1v) is 30.0. The molecular weight excluding hydrogens is 817 g/mol. The maximum absolute atomic E-state index is 12.8. The molecule has 0 amide bonds. The van der Waals surface area contributed by atoms with Gasteiger partial charge in [-0.05, 0) is 19.3 Å². The van der Waals surface area contributed by atoms with E-state index in [1.807, 2.05) is 0 Å². The number of hydrogen-bond donors (Lipinski definition) is 0. The Kier molecular flexibility index (Phi) is 54.7. The van der Waals surface area contributed by atoms with E-state index in [0.29, 0.717) is 19.3 Å². The highest BCUT2D eigenvalue weighted by Gasteiger charge is 2.19. The fraction of sp³-hybridized carbons (Fsp3) is 0.950. The molecule has 0 saturated heterocycles. The molecule has 0 N–H and O–H groups in total. The van der Waals surface area contributed by atoms with Crippen molar-refractivity contribution in [2.24, 2.45) is 0 Å². The quantitative estimate of drug-likeness (QED) is 0.0343. The Labute approximate surface area is 412 Å². The normalized spacial score (nSPS) is 11.9. The largest absolute Gasteiger partial charge is 0.462 e. The van der Waals surface area contributed by atoms with Gasteiger partial charge in [-0.2, -0.15) is 0 Å². The average Bonchev–Trinajstić information content (AvgIpc) is 3.31. The second kappa shape index (κ2) is 56.0. The fourth-order valence-electron chi connectivity index (χ4n) is 9.33. The second-order valence-corrected chi connectivity index (χ2v) is 20.6.